The van der Waals surface area contributed by atoms with Crippen molar-refractivity contribution in [3.05, 3.63) is 28.8 Å². The van der Waals surface area contributed by atoms with Crippen molar-refractivity contribution in [1.29, 1.82) is 0 Å². The maximum absolute atomic E-state index is 10.6. The molecule has 8 heteroatoms. The molecule has 1 rings (SSSR count). The molecule has 0 amide bonds. The van der Waals surface area contributed by atoms with Crippen LogP contribution >= 0.6 is 11.6 Å². The van der Waals surface area contributed by atoms with Crippen molar-refractivity contribution in [3.63, 3.8) is 0 Å². The maximum atomic E-state index is 10.6. The van der Waals surface area contributed by atoms with Gasteiger partial charge in [0.05, 0.1) is 11.1 Å². The first-order chi connectivity index (χ1) is 9.09. The number of alkyl halides is 3. The van der Waals surface area contributed by atoms with Crippen molar-refractivity contribution in [3.8, 4) is 5.75 Å². The third-order valence-corrected chi connectivity index (χ3v) is 2.16. The average Bonchev–Trinajstić information content (AvgIpc) is 2.30. The lowest BCUT2D eigenvalue weighted by molar-refractivity contribution is -0.192. The molecular weight excluding hydrogens is 299 g/mol. The van der Waals surface area contributed by atoms with Gasteiger partial charge in [0.15, 0.2) is 0 Å². The summed E-state index contributed by atoms with van der Waals surface area (Å²) >= 11 is 5.97. The Morgan fingerprint density at radius 2 is 1.95 bits per heavy atom. The molecule has 0 atom stereocenters. The highest BCUT2D eigenvalue weighted by atomic mass is 35.5. The first kappa shape index (κ1) is 18.5. The Bertz CT molecular complexity index is 450. The molecule has 0 aliphatic carbocycles. The first-order valence-corrected chi connectivity index (χ1v) is 5.91. The van der Waals surface area contributed by atoms with Crippen molar-refractivity contribution in [1.82, 2.24) is 0 Å². The summed E-state index contributed by atoms with van der Waals surface area (Å²) in [5.74, 6) is -2.05. The van der Waals surface area contributed by atoms with Crippen LogP contribution in [0.25, 0.3) is 0 Å². The van der Waals surface area contributed by atoms with Gasteiger partial charge in [0.2, 0.25) is 0 Å². The summed E-state index contributed by atoms with van der Waals surface area (Å²) in [5, 5.41) is 7.75. The Balaban J connectivity index is 0.000000441. The predicted octanol–water partition coefficient (Wildman–Crippen LogP) is 3.22. The van der Waals surface area contributed by atoms with Gasteiger partial charge in [-0.1, -0.05) is 23.7 Å². The van der Waals surface area contributed by atoms with Gasteiger partial charge < -0.3 is 15.6 Å². The largest absolute Gasteiger partial charge is 0.490 e. The number of benzene rings is 1. The number of aliphatic carboxylic acids is 1. The number of ether oxygens (including phenoxy) is 1. The smallest absolute Gasteiger partial charge is 0.489 e. The number of para-hydroxylation sites is 1. The molecular formula is C12H15ClF3NO3. The molecule has 20 heavy (non-hydrogen) atoms. The molecule has 0 unspecified atom stereocenters. The summed E-state index contributed by atoms with van der Waals surface area (Å²) < 4.78 is 37.3. The molecule has 0 heterocycles. The summed E-state index contributed by atoms with van der Waals surface area (Å²) in [4.78, 5) is 8.90. The van der Waals surface area contributed by atoms with Gasteiger partial charge in [-0.2, -0.15) is 13.2 Å². The SMILES string of the molecule is CC(C)Oc1c(Cl)cccc1CN.O=C(O)C(F)(F)F. The lowest BCUT2D eigenvalue weighted by Crippen LogP contribution is -2.21. The number of carboxylic acids is 1. The second-order valence-electron chi connectivity index (χ2n) is 3.90. The lowest BCUT2D eigenvalue weighted by Gasteiger charge is -2.14. The molecule has 0 bridgehead atoms. The third kappa shape index (κ3) is 6.63. The second-order valence-corrected chi connectivity index (χ2v) is 4.31. The van der Waals surface area contributed by atoms with Gasteiger partial charge in [-0.3, -0.25) is 0 Å². The topological polar surface area (TPSA) is 72.5 Å². The molecule has 0 radical (unpaired) electrons. The lowest BCUT2D eigenvalue weighted by atomic mass is 10.2. The summed E-state index contributed by atoms with van der Waals surface area (Å²) in [5.41, 5.74) is 6.50. The third-order valence-electron chi connectivity index (χ3n) is 1.86. The summed E-state index contributed by atoms with van der Waals surface area (Å²) in [6.07, 6.45) is -4.97. The maximum Gasteiger partial charge on any atom is 0.490 e. The molecule has 0 spiro atoms. The zero-order valence-corrected chi connectivity index (χ0v) is 11.6. The van der Waals surface area contributed by atoms with Crippen molar-refractivity contribution in [2.24, 2.45) is 5.73 Å². The number of halogens is 4. The molecule has 3 N–H and O–H groups in total. The normalized spacial score (nSPS) is 10.8. The highest BCUT2D eigenvalue weighted by molar-refractivity contribution is 6.32. The Hall–Kier alpha value is -1.47. The van der Waals surface area contributed by atoms with E-state index in [1.165, 1.54) is 0 Å². The van der Waals surface area contributed by atoms with Gasteiger partial charge in [-0.15, -0.1) is 0 Å². The van der Waals surface area contributed by atoms with E-state index in [2.05, 4.69) is 0 Å². The van der Waals surface area contributed by atoms with E-state index in [4.69, 9.17) is 32.0 Å². The van der Waals surface area contributed by atoms with E-state index in [9.17, 15) is 13.2 Å². The molecule has 4 nitrogen and oxygen atoms in total. The van der Waals surface area contributed by atoms with Crippen LogP contribution in [0.2, 0.25) is 5.02 Å². The standard InChI is InChI=1S/C10H14ClNO.C2HF3O2/c1-7(2)13-10-8(6-12)4-3-5-9(10)11;3-2(4,5)1(6)7/h3-5,7H,6,12H2,1-2H3;(H,6,7). The van der Waals surface area contributed by atoms with E-state index in [1.807, 2.05) is 26.0 Å². The highest BCUT2D eigenvalue weighted by Gasteiger charge is 2.38. The molecule has 0 aliphatic rings. The molecule has 0 aromatic heterocycles. The van der Waals surface area contributed by atoms with Crippen molar-refractivity contribution >= 4 is 17.6 Å². The van der Waals surface area contributed by atoms with Crippen LogP contribution in [0.1, 0.15) is 19.4 Å². The van der Waals surface area contributed by atoms with E-state index in [1.54, 1.807) is 6.07 Å². The number of hydrogen-bond donors (Lipinski definition) is 2. The van der Waals surface area contributed by atoms with Crippen LogP contribution in [0, 0.1) is 0 Å². The van der Waals surface area contributed by atoms with E-state index in [-0.39, 0.29) is 6.10 Å². The summed E-state index contributed by atoms with van der Waals surface area (Å²) in [6.45, 7) is 4.37. The number of nitrogens with two attached hydrogens (primary N) is 1. The molecule has 0 saturated carbocycles. The van der Waals surface area contributed by atoms with Gasteiger partial charge in [0.1, 0.15) is 5.75 Å². The summed E-state index contributed by atoms with van der Waals surface area (Å²) in [6, 6.07) is 5.60. The Morgan fingerprint density at radius 3 is 2.30 bits per heavy atom. The molecule has 1 aromatic rings. The highest BCUT2D eigenvalue weighted by Crippen LogP contribution is 2.29. The number of carboxylic acid groups (broad SMARTS) is 1. The first-order valence-electron chi connectivity index (χ1n) is 5.53. The quantitative estimate of drug-likeness (QED) is 0.898. The molecule has 0 aliphatic heterocycles. The van der Waals surface area contributed by atoms with Crippen molar-refractivity contribution in [2.75, 3.05) is 0 Å². The van der Waals surface area contributed by atoms with Crippen LogP contribution in [0.3, 0.4) is 0 Å². The fraction of sp³-hybridized carbons (Fsp3) is 0.417. The number of rotatable bonds is 3. The Labute approximate surface area is 119 Å². The number of carbonyl (C=O) groups is 1. The minimum Gasteiger partial charge on any atom is -0.489 e. The van der Waals surface area contributed by atoms with Crippen LogP contribution in [0.5, 0.6) is 5.75 Å². The van der Waals surface area contributed by atoms with E-state index in [0.29, 0.717) is 17.3 Å². The van der Waals surface area contributed by atoms with Gasteiger partial charge >= 0.3 is 12.1 Å². The van der Waals surface area contributed by atoms with Crippen LogP contribution in [-0.4, -0.2) is 23.4 Å². The van der Waals surface area contributed by atoms with Crippen LogP contribution < -0.4 is 10.5 Å². The van der Waals surface area contributed by atoms with E-state index in [0.717, 1.165) is 5.56 Å². The van der Waals surface area contributed by atoms with Crippen LogP contribution in [0.4, 0.5) is 13.2 Å². The van der Waals surface area contributed by atoms with E-state index >= 15 is 0 Å². The molecule has 0 saturated heterocycles. The minimum atomic E-state index is -5.08. The Morgan fingerprint density at radius 1 is 1.45 bits per heavy atom. The van der Waals surface area contributed by atoms with E-state index < -0.39 is 12.1 Å². The average molecular weight is 314 g/mol. The van der Waals surface area contributed by atoms with Gasteiger partial charge in [0, 0.05) is 12.1 Å². The minimum absolute atomic E-state index is 0.116. The van der Waals surface area contributed by atoms with Gasteiger partial charge in [0.25, 0.3) is 0 Å². The monoisotopic (exact) mass is 313 g/mol. The van der Waals surface area contributed by atoms with Crippen LogP contribution in [-0.2, 0) is 11.3 Å². The fourth-order valence-corrected chi connectivity index (χ4v) is 1.32. The molecule has 1 aromatic carbocycles. The second kappa shape index (κ2) is 7.96. The van der Waals surface area contributed by atoms with Crippen molar-refractivity contribution < 1.29 is 27.8 Å². The Kier molecular flexibility index (Phi) is 7.38. The summed E-state index contributed by atoms with van der Waals surface area (Å²) in [7, 11) is 0. The van der Waals surface area contributed by atoms with Gasteiger partial charge in [-0.05, 0) is 19.9 Å². The molecule has 0 fully saturated rings. The fourth-order valence-electron chi connectivity index (χ4n) is 1.08. The molecule has 114 valence electrons. The predicted molar refractivity (Wildman–Crippen MR) is 68.8 cm³/mol. The van der Waals surface area contributed by atoms with Crippen molar-refractivity contribution in [2.45, 2.75) is 32.7 Å². The zero-order chi connectivity index (χ0) is 15.9. The van der Waals surface area contributed by atoms with Crippen LogP contribution in [0.15, 0.2) is 18.2 Å². The van der Waals surface area contributed by atoms with Gasteiger partial charge in [-0.25, -0.2) is 4.79 Å². The number of hydrogen-bond acceptors (Lipinski definition) is 3. The zero-order valence-electron chi connectivity index (χ0n) is 10.9.